The van der Waals surface area contributed by atoms with Crippen LogP contribution in [-0.4, -0.2) is 29.3 Å². The number of hydrogen-bond acceptors (Lipinski definition) is 3. The monoisotopic (exact) mass is 286 g/mol. The van der Waals surface area contributed by atoms with E-state index in [4.69, 9.17) is 5.73 Å². The van der Waals surface area contributed by atoms with Gasteiger partial charge >= 0.3 is 0 Å². The van der Waals surface area contributed by atoms with Crippen molar-refractivity contribution in [2.24, 2.45) is 11.7 Å². The van der Waals surface area contributed by atoms with Gasteiger partial charge in [-0.25, -0.2) is 0 Å². The number of fused-ring (bicyclic) bond motifs is 1. The molecule has 1 aromatic rings. The van der Waals surface area contributed by atoms with Gasteiger partial charge in [0.05, 0.1) is 6.42 Å². The van der Waals surface area contributed by atoms with E-state index in [1.807, 2.05) is 18.2 Å². The number of nitrogens with two attached hydrogens (primary N) is 1. The largest absolute Gasteiger partial charge is 0.326 e. The molecular weight excluding hydrogens is 264 g/mol. The van der Waals surface area contributed by atoms with Crippen LogP contribution < -0.4 is 5.73 Å². The van der Waals surface area contributed by atoms with Crippen molar-refractivity contribution in [3.8, 4) is 0 Å². The summed E-state index contributed by atoms with van der Waals surface area (Å²) in [6.07, 6.45) is 6.24. The molecule has 1 saturated carbocycles. The minimum Gasteiger partial charge on any atom is -0.326 e. The summed E-state index contributed by atoms with van der Waals surface area (Å²) in [4.78, 5) is 26.1. The van der Waals surface area contributed by atoms with Crippen molar-refractivity contribution in [3.63, 3.8) is 0 Å². The second kappa shape index (κ2) is 5.98. The zero-order valence-electron chi connectivity index (χ0n) is 12.3. The second-order valence-electron chi connectivity index (χ2n) is 6.21. The lowest BCUT2D eigenvalue weighted by Gasteiger charge is -2.33. The maximum absolute atomic E-state index is 12.5. The molecular formula is C17H22N2O2. The van der Waals surface area contributed by atoms with Gasteiger partial charge in [-0.1, -0.05) is 37.5 Å². The fourth-order valence-electron chi connectivity index (χ4n) is 3.51. The Hall–Kier alpha value is -1.68. The number of imide groups is 1. The molecule has 2 aliphatic rings. The molecule has 1 fully saturated rings. The van der Waals surface area contributed by atoms with Gasteiger partial charge in [-0.3, -0.25) is 14.5 Å². The first-order valence-corrected chi connectivity index (χ1v) is 7.85. The number of amides is 2. The third kappa shape index (κ3) is 2.86. The molecule has 0 radical (unpaired) electrons. The van der Waals surface area contributed by atoms with Crippen molar-refractivity contribution in [2.45, 2.75) is 44.6 Å². The summed E-state index contributed by atoms with van der Waals surface area (Å²) in [7, 11) is 0. The molecule has 21 heavy (non-hydrogen) atoms. The van der Waals surface area contributed by atoms with Crippen LogP contribution in [0.3, 0.4) is 0 Å². The van der Waals surface area contributed by atoms with E-state index in [0.29, 0.717) is 24.4 Å². The molecule has 0 saturated heterocycles. The number of rotatable bonds is 3. The third-order valence-electron chi connectivity index (χ3n) is 4.78. The highest BCUT2D eigenvalue weighted by molar-refractivity contribution is 6.09. The van der Waals surface area contributed by atoms with Gasteiger partial charge in [-0.15, -0.1) is 0 Å². The summed E-state index contributed by atoms with van der Waals surface area (Å²) < 4.78 is 0. The van der Waals surface area contributed by atoms with Gasteiger partial charge in [0, 0.05) is 18.2 Å². The predicted octanol–water partition coefficient (Wildman–Crippen LogP) is 2.12. The summed E-state index contributed by atoms with van der Waals surface area (Å²) in [5, 5.41) is 0. The Balaban J connectivity index is 1.73. The summed E-state index contributed by atoms with van der Waals surface area (Å²) in [6.45, 7) is 0.358. The average molecular weight is 286 g/mol. The Bertz CT molecular complexity index is 549. The molecule has 1 aromatic carbocycles. The average Bonchev–Trinajstić information content (AvgIpc) is 2.52. The van der Waals surface area contributed by atoms with E-state index in [-0.39, 0.29) is 17.9 Å². The maximum Gasteiger partial charge on any atom is 0.260 e. The van der Waals surface area contributed by atoms with Crippen molar-refractivity contribution in [1.29, 1.82) is 0 Å². The lowest BCUT2D eigenvalue weighted by molar-refractivity contribution is -0.128. The second-order valence-corrected chi connectivity index (χ2v) is 6.21. The molecule has 3 rings (SSSR count). The summed E-state index contributed by atoms with van der Waals surface area (Å²) in [5.41, 5.74) is 7.75. The van der Waals surface area contributed by atoms with Gasteiger partial charge in [-0.05, 0) is 30.4 Å². The first-order chi connectivity index (χ1) is 10.2. The molecule has 1 unspecified atom stereocenters. The van der Waals surface area contributed by atoms with E-state index in [1.54, 1.807) is 6.07 Å². The van der Waals surface area contributed by atoms with Crippen LogP contribution >= 0.6 is 0 Å². The van der Waals surface area contributed by atoms with Crippen LogP contribution in [0.4, 0.5) is 0 Å². The fraction of sp³-hybridized carbons (Fsp3) is 0.529. The molecule has 1 heterocycles. The quantitative estimate of drug-likeness (QED) is 0.866. The smallest absolute Gasteiger partial charge is 0.260 e. The molecule has 0 spiro atoms. The molecule has 2 N–H and O–H groups in total. The summed E-state index contributed by atoms with van der Waals surface area (Å²) in [5.74, 6) is 0.134. The van der Waals surface area contributed by atoms with Gasteiger partial charge < -0.3 is 5.73 Å². The van der Waals surface area contributed by atoms with E-state index in [9.17, 15) is 9.59 Å². The Labute approximate surface area is 125 Å². The first kappa shape index (κ1) is 14.3. The SMILES string of the molecule is NC(CN1C(=O)Cc2ccccc2C1=O)C1CCCCC1. The molecule has 2 amide bonds. The topological polar surface area (TPSA) is 63.4 Å². The van der Waals surface area contributed by atoms with Gasteiger partial charge in [0.2, 0.25) is 5.91 Å². The first-order valence-electron chi connectivity index (χ1n) is 7.85. The van der Waals surface area contributed by atoms with E-state index in [0.717, 1.165) is 18.4 Å². The number of carbonyl (C=O) groups excluding carboxylic acids is 2. The molecule has 4 nitrogen and oxygen atoms in total. The van der Waals surface area contributed by atoms with Gasteiger partial charge in [0.1, 0.15) is 0 Å². The molecule has 1 atom stereocenters. The van der Waals surface area contributed by atoms with Gasteiger partial charge in [-0.2, -0.15) is 0 Å². The van der Waals surface area contributed by atoms with Crippen LogP contribution in [0, 0.1) is 5.92 Å². The molecule has 112 valence electrons. The summed E-state index contributed by atoms with van der Waals surface area (Å²) >= 11 is 0. The minimum atomic E-state index is -0.187. The van der Waals surface area contributed by atoms with E-state index in [2.05, 4.69) is 0 Å². The molecule has 1 aliphatic heterocycles. The van der Waals surface area contributed by atoms with Crippen LogP contribution in [0.5, 0.6) is 0 Å². The predicted molar refractivity (Wildman–Crippen MR) is 80.7 cm³/mol. The zero-order chi connectivity index (χ0) is 14.8. The fourth-order valence-corrected chi connectivity index (χ4v) is 3.51. The van der Waals surface area contributed by atoms with E-state index >= 15 is 0 Å². The Morgan fingerprint density at radius 3 is 2.62 bits per heavy atom. The normalized spacial score (nSPS) is 21.3. The van der Waals surface area contributed by atoms with Crippen LogP contribution in [0.1, 0.15) is 48.0 Å². The third-order valence-corrected chi connectivity index (χ3v) is 4.78. The highest BCUT2D eigenvalue weighted by atomic mass is 16.2. The highest BCUT2D eigenvalue weighted by Gasteiger charge is 2.33. The van der Waals surface area contributed by atoms with Crippen molar-refractivity contribution in [2.75, 3.05) is 6.54 Å². The van der Waals surface area contributed by atoms with Crippen LogP contribution in [0.2, 0.25) is 0 Å². The number of hydrogen-bond donors (Lipinski definition) is 1. The van der Waals surface area contributed by atoms with Crippen LogP contribution in [0.25, 0.3) is 0 Å². The van der Waals surface area contributed by atoms with Crippen molar-refractivity contribution in [1.82, 2.24) is 4.90 Å². The van der Waals surface area contributed by atoms with Gasteiger partial charge in [0.25, 0.3) is 5.91 Å². The number of benzene rings is 1. The van der Waals surface area contributed by atoms with Crippen LogP contribution in [-0.2, 0) is 11.2 Å². The van der Waals surface area contributed by atoms with Crippen molar-refractivity contribution >= 4 is 11.8 Å². The Morgan fingerprint density at radius 1 is 1.14 bits per heavy atom. The number of carbonyl (C=O) groups is 2. The maximum atomic E-state index is 12.5. The Morgan fingerprint density at radius 2 is 1.86 bits per heavy atom. The van der Waals surface area contributed by atoms with Crippen LogP contribution in [0.15, 0.2) is 24.3 Å². The Kier molecular flexibility index (Phi) is 4.06. The molecule has 1 aliphatic carbocycles. The van der Waals surface area contributed by atoms with Crippen molar-refractivity contribution in [3.05, 3.63) is 35.4 Å². The lowest BCUT2D eigenvalue weighted by atomic mass is 9.84. The zero-order valence-corrected chi connectivity index (χ0v) is 12.3. The highest BCUT2D eigenvalue weighted by Crippen LogP contribution is 2.27. The molecule has 4 heteroatoms. The lowest BCUT2D eigenvalue weighted by Crippen LogP contribution is -2.50. The van der Waals surface area contributed by atoms with Gasteiger partial charge in [0.15, 0.2) is 0 Å². The van der Waals surface area contributed by atoms with Crippen molar-refractivity contribution < 1.29 is 9.59 Å². The summed E-state index contributed by atoms with van der Waals surface area (Å²) in [6, 6.07) is 7.25. The molecule has 0 aromatic heterocycles. The molecule has 0 bridgehead atoms. The van der Waals surface area contributed by atoms with E-state index < -0.39 is 0 Å². The standard InChI is InChI=1S/C17H22N2O2/c18-15(12-6-2-1-3-7-12)11-19-16(20)10-13-8-4-5-9-14(13)17(19)21/h4-5,8-9,12,15H,1-3,6-7,10-11,18H2. The number of nitrogens with zero attached hydrogens (tertiary/aromatic N) is 1. The minimum absolute atomic E-state index is 0.0940. The van der Waals surface area contributed by atoms with E-state index in [1.165, 1.54) is 24.2 Å².